The fraction of sp³-hybridized carbons (Fsp3) is 0.649. The van der Waals surface area contributed by atoms with Crippen LogP contribution in [0, 0.1) is 5.82 Å². The van der Waals surface area contributed by atoms with E-state index in [0.29, 0.717) is 43.4 Å². The van der Waals surface area contributed by atoms with Crippen LogP contribution in [0.5, 0.6) is 0 Å². The summed E-state index contributed by atoms with van der Waals surface area (Å²) in [4.78, 5) is 26.4. The van der Waals surface area contributed by atoms with Crippen LogP contribution in [0.1, 0.15) is 131 Å². The molecule has 2 atom stereocenters. The average molecular weight is 665 g/mol. The van der Waals surface area contributed by atoms with Gasteiger partial charge in [0, 0.05) is 48.7 Å². The predicted molar refractivity (Wildman–Crippen MR) is 186 cm³/mol. The maximum atomic E-state index is 14.7. The molecular weight excluding hydrogens is 612 g/mol. The van der Waals surface area contributed by atoms with E-state index >= 15 is 0 Å². The molecule has 2 aliphatic rings. The highest BCUT2D eigenvalue weighted by molar-refractivity contribution is 7.09. The number of ketones is 1. The highest BCUT2D eigenvalue weighted by Crippen LogP contribution is 2.44. The van der Waals surface area contributed by atoms with Crippen LogP contribution >= 0.6 is 11.3 Å². The summed E-state index contributed by atoms with van der Waals surface area (Å²) < 4.78 is 20.3. The van der Waals surface area contributed by atoms with E-state index in [0.717, 1.165) is 50.1 Å². The van der Waals surface area contributed by atoms with Crippen molar-refractivity contribution in [2.75, 3.05) is 38.2 Å². The van der Waals surface area contributed by atoms with Gasteiger partial charge in [0.1, 0.15) is 17.4 Å². The third kappa shape index (κ3) is 9.86. The minimum absolute atomic E-state index is 0.162. The second-order valence-corrected chi connectivity index (χ2v) is 14.3. The number of morpholine rings is 1. The smallest absolute Gasteiger partial charge is 0.148 e. The predicted octanol–water partition coefficient (Wildman–Crippen LogP) is 8.43. The van der Waals surface area contributed by atoms with Gasteiger partial charge in [0.2, 0.25) is 0 Å². The zero-order chi connectivity index (χ0) is 32.7. The van der Waals surface area contributed by atoms with Crippen LogP contribution in [0.15, 0.2) is 42.2 Å². The van der Waals surface area contributed by atoms with Crippen molar-refractivity contribution in [3.8, 4) is 0 Å². The van der Waals surface area contributed by atoms with Gasteiger partial charge in [-0.1, -0.05) is 77.6 Å². The Labute approximate surface area is 284 Å². The number of carbonyl (C=O) groups excluding carboxylic acids is 1. The molecule has 0 amide bonds. The zero-order valence-corrected chi connectivity index (χ0v) is 29.0. The number of unbranched alkanes of at least 4 members (excludes halogenated alkanes) is 10. The number of anilines is 1. The molecule has 4 heterocycles. The molecular formula is C37H53FN6O2S. The number of carbonyl (C=O) groups is 1. The summed E-state index contributed by atoms with van der Waals surface area (Å²) >= 11 is 1.59. The lowest BCUT2D eigenvalue weighted by Gasteiger charge is -2.41. The number of thiazole rings is 1. The van der Waals surface area contributed by atoms with E-state index in [-0.39, 0.29) is 23.1 Å². The molecule has 2 unspecified atom stereocenters. The first kappa shape index (κ1) is 35.5. The van der Waals surface area contributed by atoms with Crippen molar-refractivity contribution in [2.24, 2.45) is 0 Å². The fourth-order valence-electron chi connectivity index (χ4n) is 7.14. The molecule has 0 spiro atoms. The quantitative estimate of drug-likeness (QED) is 0.114. The second kappa shape index (κ2) is 18.7. The highest BCUT2D eigenvalue weighted by atomic mass is 32.1. The Morgan fingerprint density at radius 3 is 2.32 bits per heavy atom. The van der Waals surface area contributed by atoms with Gasteiger partial charge in [-0.3, -0.25) is 19.7 Å². The van der Waals surface area contributed by atoms with E-state index in [1.54, 1.807) is 23.6 Å². The van der Waals surface area contributed by atoms with Gasteiger partial charge in [-0.25, -0.2) is 4.39 Å². The Balaban J connectivity index is 1.23. The Morgan fingerprint density at radius 2 is 1.72 bits per heavy atom. The summed E-state index contributed by atoms with van der Waals surface area (Å²) in [6.07, 6.45) is 20.6. The summed E-state index contributed by atoms with van der Waals surface area (Å²) in [5.41, 5.74) is 2.71. The van der Waals surface area contributed by atoms with Crippen molar-refractivity contribution in [3.63, 3.8) is 0 Å². The molecule has 5 rings (SSSR count). The molecule has 1 saturated carbocycles. The normalized spacial score (nSPS) is 17.6. The van der Waals surface area contributed by atoms with Crippen LogP contribution in [0.4, 0.5) is 10.2 Å². The van der Waals surface area contributed by atoms with Gasteiger partial charge >= 0.3 is 0 Å². The third-order valence-corrected chi connectivity index (χ3v) is 10.9. The summed E-state index contributed by atoms with van der Waals surface area (Å²) in [7, 11) is 0. The molecule has 3 aromatic rings. The van der Waals surface area contributed by atoms with Crippen molar-refractivity contribution in [2.45, 2.75) is 121 Å². The number of rotatable bonds is 21. The van der Waals surface area contributed by atoms with Crippen LogP contribution in [-0.4, -0.2) is 63.7 Å². The van der Waals surface area contributed by atoms with Gasteiger partial charge in [-0.15, -0.1) is 16.4 Å². The van der Waals surface area contributed by atoms with E-state index in [1.165, 1.54) is 63.9 Å². The fourth-order valence-corrected chi connectivity index (χ4v) is 7.93. The lowest BCUT2D eigenvalue weighted by atomic mass is 9.66. The van der Waals surface area contributed by atoms with E-state index in [1.807, 2.05) is 23.8 Å². The van der Waals surface area contributed by atoms with Crippen molar-refractivity contribution >= 4 is 22.9 Å². The first-order valence-electron chi connectivity index (χ1n) is 18.0. The number of nitrogens with one attached hydrogen (secondary N) is 1. The molecule has 0 radical (unpaired) electrons. The van der Waals surface area contributed by atoms with Crippen LogP contribution < -0.4 is 5.32 Å². The van der Waals surface area contributed by atoms with Crippen molar-refractivity contribution in [1.82, 2.24) is 25.1 Å². The first-order valence-corrected chi connectivity index (χ1v) is 18.9. The van der Waals surface area contributed by atoms with Crippen LogP contribution in [0.25, 0.3) is 0 Å². The minimum atomic E-state index is -0.446. The Morgan fingerprint density at radius 1 is 1.00 bits per heavy atom. The maximum absolute atomic E-state index is 14.7. The SMILES string of the molecule is CCCCCCCCCCCCCC(=O)C(c1ccc(NCC2(c3ncccc3F)CCC2)nn1)C(c1cncs1)N1CCOCC1. The summed E-state index contributed by atoms with van der Waals surface area (Å²) in [5.74, 6) is 0.124. The molecule has 256 valence electrons. The van der Waals surface area contributed by atoms with E-state index in [4.69, 9.17) is 4.74 Å². The van der Waals surface area contributed by atoms with Crippen molar-refractivity contribution in [1.29, 1.82) is 0 Å². The highest BCUT2D eigenvalue weighted by Gasteiger charge is 2.42. The molecule has 1 aliphatic heterocycles. The van der Waals surface area contributed by atoms with Gasteiger partial charge in [-0.05, 0) is 43.5 Å². The summed E-state index contributed by atoms with van der Waals surface area (Å²) in [6.45, 7) is 5.59. The molecule has 1 N–H and O–H groups in total. The minimum Gasteiger partial charge on any atom is -0.379 e. The molecule has 1 saturated heterocycles. The number of ether oxygens (including phenoxy) is 1. The zero-order valence-electron chi connectivity index (χ0n) is 28.2. The number of hydrogen-bond donors (Lipinski definition) is 1. The van der Waals surface area contributed by atoms with E-state index in [2.05, 4.69) is 37.3 Å². The van der Waals surface area contributed by atoms with Crippen LogP contribution in [-0.2, 0) is 14.9 Å². The van der Waals surface area contributed by atoms with E-state index < -0.39 is 5.92 Å². The standard InChI is InChI=1S/C37H53FN6O2S/c1-2-3-4-5-6-7-8-9-10-11-12-16-31(45)34(35(32-26-39-28-47-32)44-22-24-46-25-23-44)30-17-18-33(43-42-30)41-27-37(19-14-20-37)36-29(38)15-13-21-40-36/h13,15,17-18,21,26,28,34-35H,2-12,14,16,19-20,22-25,27H2,1H3,(H,41,43). The van der Waals surface area contributed by atoms with Gasteiger partial charge < -0.3 is 10.1 Å². The van der Waals surface area contributed by atoms with Crippen molar-refractivity contribution < 1.29 is 13.9 Å². The van der Waals surface area contributed by atoms with Gasteiger partial charge in [0.15, 0.2) is 0 Å². The number of aromatic nitrogens is 4. The van der Waals surface area contributed by atoms with Gasteiger partial charge in [-0.2, -0.15) is 5.10 Å². The average Bonchev–Trinajstić information content (AvgIpc) is 3.61. The molecule has 1 aliphatic carbocycles. The molecule has 3 aromatic heterocycles. The maximum Gasteiger partial charge on any atom is 0.148 e. The molecule has 2 fully saturated rings. The van der Waals surface area contributed by atoms with Gasteiger partial charge in [0.25, 0.3) is 0 Å². The van der Waals surface area contributed by atoms with E-state index in [9.17, 15) is 9.18 Å². The molecule has 10 heteroatoms. The van der Waals surface area contributed by atoms with Crippen LogP contribution in [0.3, 0.4) is 0 Å². The molecule has 0 aromatic carbocycles. The topological polar surface area (TPSA) is 93.1 Å². The number of halogens is 1. The number of Topliss-reactive ketones (excluding diaryl/α,β-unsaturated/α-hetero) is 1. The largest absolute Gasteiger partial charge is 0.379 e. The summed E-state index contributed by atoms with van der Waals surface area (Å²) in [5, 5.41) is 12.6. The number of pyridine rings is 1. The lowest BCUT2D eigenvalue weighted by molar-refractivity contribution is -0.123. The monoisotopic (exact) mass is 664 g/mol. The lowest BCUT2D eigenvalue weighted by Crippen LogP contribution is -2.43. The first-order chi connectivity index (χ1) is 23.1. The molecule has 47 heavy (non-hydrogen) atoms. The Kier molecular flexibility index (Phi) is 14.1. The van der Waals surface area contributed by atoms with Gasteiger partial charge in [0.05, 0.1) is 42.1 Å². The van der Waals surface area contributed by atoms with Crippen LogP contribution in [0.2, 0.25) is 0 Å². The number of nitrogens with zero attached hydrogens (tertiary/aromatic N) is 5. The third-order valence-electron chi connectivity index (χ3n) is 10.1. The Hall–Kier alpha value is -2.82. The summed E-state index contributed by atoms with van der Waals surface area (Å²) in [6, 6.07) is 6.81. The Bertz CT molecular complexity index is 1330. The second-order valence-electron chi connectivity index (χ2n) is 13.4. The molecule has 0 bridgehead atoms. The number of hydrogen-bond acceptors (Lipinski definition) is 9. The van der Waals surface area contributed by atoms with Crippen molar-refractivity contribution in [3.05, 3.63) is 64.3 Å². The molecule has 8 nitrogen and oxygen atoms in total.